The largest absolute Gasteiger partial charge is 0.246 e. The van der Waals surface area contributed by atoms with Crippen LogP contribution in [0.2, 0.25) is 0 Å². The summed E-state index contributed by atoms with van der Waals surface area (Å²) in [6, 6.07) is 36.2. The summed E-state index contributed by atoms with van der Waals surface area (Å²) < 4.78 is 27.3. The number of nitrogens with zero attached hydrogens (tertiary/aromatic N) is 1. The highest BCUT2D eigenvalue weighted by Crippen LogP contribution is 2.39. The molecule has 1 nitrogen and oxygen atoms in total. The summed E-state index contributed by atoms with van der Waals surface area (Å²) in [5, 5.41) is 6.30. The Bertz CT molecular complexity index is 1800. The van der Waals surface area contributed by atoms with Crippen LogP contribution in [-0.2, 0) is 0 Å². The topological polar surface area (TPSA) is 12.9 Å². The number of benzene rings is 6. The number of rotatable bonds is 2. The van der Waals surface area contributed by atoms with Crippen LogP contribution in [0.15, 0.2) is 115 Å². The molecule has 0 bridgehead atoms. The molecule has 6 aromatic carbocycles. The molecule has 0 N–H and O–H groups in total. The highest BCUT2D eigenvalue weighted by molar-refractivity contribution is 6.18. The smallest absolute Gasteiger partial charge is 0.123 e. The number of pyridine rings is 1. The van der Waals surface area contributed by atoms with Gasteiger partial charge in [-0.15, -0.1) is 0 Å². The lowest BCUT2D eigenvalue weighted by molar-refractivity contribution is 0.627. The molecule has 7 aromatic rings. The monoisotopic (exact) mass is 467 g/mol. The first-order valence-corrected chi connectivity index (χ1v) is 11.9. The molecule has 0 aliphatic rings. The van der Waals surface area contributed by atoms with Crippen molar-refractivity contribution in [3.8, 4) is 22.3 Å². The predicted molar refractivity (Wildman–Crippen MR) is 145 cm³/mol. The van der Waals surface area contributed by atoms with E-state index in [0.717, 1.165) is 65.6 Å². The van der Waals surface area contributed by atoms with Crippen molar-refractivity contribution < 1.29 is 8.78 Å². The maximum atomic E-state index is 13.6. The SMILES string of the molecule is Fc1ccc(-c2cc3cc4cc(-c5ccc(F)cc5)c5ccccc5c4nc3c3ccccc23)cc1. The number of halogens is 2. The minimum Gasteiger partial charge on any atom is -0.246 e. The van der Waals surface area contributed by atoms with Crippen LogP contribution >= 0.6 is 0 Å². The van der Waals surface area contributed by atoms with E-state index < -0.39 is 0 Å². The van der Waals surface area contributed by atoms with Gasteiger partial charge in [0.15, 0.2) is 0 Å². The molecule has 0 amide bonds. The zero-order chi connectivity index (χ0) is 24.2. The van der Waals surface area contributed by atoms with Crippen molar-refractivity contribution in [2.45, 2.75) is 0 Å². The first-order chi connectivity index (χ1) is 17.7. The summed E-state index contributed by atoms with van der Waals surface area (Å²) in [6.07, 6.45) is 0. The van der Waals surface area contributed by atoms with Gasteiger partial charge in [-0.3, -0.25) is 0 Å². The van der Waals surface area contributed by atoms with E-state index in [4.69, 9.17) is 4.98 Å². The van der Waals surface area contributed by atoms with Gasteiger partial charge in [-0.05, 0) is 75.5 Å². The average molecular weight is 468 g/mol. The van der Waals surface area contributed by atoms with E-state index in [1.807, 2.05) is 48.5 Å². The second-order valence-corrected chi connectivity index (χ2v) is 9.09. The summed E-state index contributed by atoms with van der Waals surface area (Å²) in [4.78, 5) is 5.21. The average Bonchev–Trinajstić information content (AvgIpc) is 2.92. The van der Waals surface area contributed by atoms with E-state index in [0.29, 0.717) is 0 Å². The summed E-state index contributed by atoms with van der Waals surface area (Å²) >= 11 is 0. The molecule has 0 unspecified atom stereocenters. The van der Waals surface area contributed by atoms with Gasteiger partial charge in [0.05, 0.1) is 11.0 Å². The normalized spacial score (nSPS) is 11.6. The van der Waals surface area contributed by atoms with E-state index in [1.165, 1.54) is 24.3 Å². The lowest BCUT2D eigenvalue weighted by Gasteiger charge is -2.14. The predicted octanol–water partition coefficient (Wildman–Crippen LogP) is 9.31. The first-order valence-electron chi connectivity index (χ1n) is 11.9. The lowest BCUT2D eigenvalue weighted by Crippen LogP contribution is -1.91. The number of aromatic nitrogens is 1. The fourth-order valence-electron chi connectivity index (χ4n) is 5.25. The van der Waals surface area contributed by atoms with Gasteiger partial charge in [0.1, 0.15) is 11.6 Å². The molecule has 0 radical (unpaired) electrons. The Morgan fingerprint density at radius 2 is 0.806 bits per heavy atom. The molecule has 36 heavy (non-hydrogen) atoms. The number of hydrogen-bond acceptors (Lipinski definition) is 1. The molecule has 0 saturated heterocycles. The van der Waals surface area contributed by atoms with Crippen molar-refractivity contribution in [2.24, 2.45) is 0 Å². The Hall–Kier alpha value is -4.63. The highest BCUT2D eigenvalue weighted by atomic mass is 19.1. The van der Waals surface area contributed by atoms with E-state index in [1.54, 1.807) is 0 Å². The van der Waals surface area contributed by atoms with Crippen molar-refractivity contribution in [3.05, 3.63) is 127 Å². The lowest BCUT2D eigenvalue weighted by atomic mass is 9.92. The Balaban J connectivity index is 1.59. The van der Waals surface area contributed by atoms with Crippen LogP contribution in [0.4, 0.5) is 8.78 Å². The molecule has 0 spiro atoms. The first kappa shape index (κ1) is 20.7. The fourth-order valence-corrected chi connectivity index (χ4v) is 5.25. The zero-order valence-corrected chi connectivity index (χ0v) is 19.2. The van der Waals surface area contributed by atoms with Crippen molar-refractivity contribution in [2.75, 3.05) is 0 Å². The molecule has 0 saturated carbocycles. The molecule has 170 valence electrons. The molecule has 0 aliphatic carbocycles. The summed E-state index contributed by atoms with van der Waals surface area (Å²) in [5.74, 6) is -0.506. The second-order valence-electron chi connectivity index (χ2n) is 9.09. The minimum absolute atomic E-state index is 0.253. The van der Waals surface area contributed by atoms with Crippen LogP contribution in [0.3, 0.4) is 0 Å². The maximum Gasteiger partial charge on any atom is 0.123 e. The summed E-state index contributed by atoms with van der Waals surface area (Å²) in [6.45, 7) is 0. The summed E-state index contributed by atoms with van der Waals surface area (Å²) in [5.41, 5.74) is 5.87. The van der Waals surface area contributed by atoms with Crippen molar-refractivity contribution in [3.63, 3.8) is 0 Å². The molecule has 3 heteroatoms. The highest BCUT2D eigenvalue weighted by Gasteiger charge is 2.14. The van der Waals surface area contributed by atoms with Crippen LogP contribution in [0.1, 0.15) is 0 Å². The fraction of sp³-hybridized carbons (Fsp3) is 0. The van der Waals surface area contributed by atoms with Crippen molar-refractivity contribution in [1.29, 1.82) is 0 Å². The van der Waals surface area contributed by atoms with Gasteiger partial charge >= 0.3 is 0 Å². The van der Waals surface area contributed by atoms with Gasteiger partial charge in [0, 0.05) is 21.5 Å². The third kappa shape index (κ3) is 3.24. The molecule has 0 aliphatic heterocycles. The molecule has 0 fully saturated rings. The van der Waals surface area contributed by atoms with E-state index in [-0.39, 0.29) is 11.6 Å². The standard InChI is InChI=1S/C33H19F2N/c34-24-13-9-20(10-14-24)30-18-22-17-23-19-31(21-11-15-25(35)16-12-21)27-6-2-4-8-29(27)33(23)36-32(22)28-7-3-1-5-26(28)30/h1-19H. The van der Waals surface area contributed by atoms with Crippen LogP contribution < -0.4 is 0 Å². The Labute approximate surface area is 206 Å². The van der Waals surface area contributed by atoms with Gasteiger partial charge in [-0.2, -0.15) is 0 Å². The molecule has 1 heterocycles. The molecule has 7 rings (SSSR count). The third-order valence-corrected chi connectivity index (χ3v) is 6.94. The Morgan fingerprint density at radius 3 is 1.22 bits per heavy atom. The van der Waals surface area contributed by atoms with Gasteiger partial charge in [-0.1, -0.05) is 72.8 Å². The van der Waals surface area contributed by atoms with Crippen LogP contribution in [0.25, 0.3) is 65.6 Å². The van der Waals surface area contributed by atoms with Gasteiger partial charge in [0.2, 0.25) is 0 Å². The van der Waals surface area contributed by atoms with E-state index in [9.17, 15) is 8.78 Å². The number of hydrogen-bond donors (Lipinski definition) is 0. The van der Waals surface area contributed by atoms with Gasteiger partial charge < -0.3 is 0 Å². The second kappa shape index (κ2) is 7.96. The maximum absolute atomic E-state index is 13.6. The van der Waals surface area contributed by atoms with Crippen LogP contribution in [0, 0.1) is 11.6 Å². The van der Waals surface area contributed by atoms with Crippen molar-refractivity contribution >= 4 is 43.4 Å². The summed E-state index contributed by atoms with van der Waals surface area (Å²) in [7, 11) is 0. The Kier molecular flexibility index (Phi) is 4.58. The molecular weight excluding hydrogens is 448 g/mol. The molecular formula is C33H19F2N. The van der Waals surface area contributed by atoms with E-state index in [2.05, 4.69) is 42.5 Å². The molecule has 0 atom stereocenters. The van der Waals surface area contributed by atoms with Gasteiger partial charge in [-0.25, -0.2) is 13.8 Å². The number of fused-ring (bicyclic) bond motifs is 6. The van der Waals surface area contributed by atoms with Crippen molar-refractivity contribution in [1.82, 2.24) is 4.98 Å². The zero-order valence-electron chi connectivity index (χ0n) is 19.2. The van der Waals surface area contributed by atoms with Crippen LogP contribution in [-0.4, -0.2) is 4.98 Å². The Morgan fingerprint density at radius 1 is 0.417 bits per heavy atom. The minimum atomic E-state index is -0.253. The quantitative estimate of drug-likeness (QED) is 0.182. The molecule has 1 aromatic heterocycles. The van der Waals surface area contributed by atoms with Gasteiger partial charge in [0.25, 0.3) is 0 Å². The third-order valence-electron chi connectivity index (χ3n) is 6.94. The van der Waals surface area contributed by atoms with E-state index >= 15 is 0 Å². The van der Waals surface area contributed by atoms with Crippen LogP contribution in [0.5, 0.6) is 0 Å².